The van der Waals surface area contributed by atoms with Gasteiger partial charge in [0.2, 0.25) is 0 Å². The lowest BCUT2D eigenvalue weighted by Gasteiger charge is -2.13. The van der Waals surface area contributed by atoms with Crippen molar-refractivity contribution in [2.75, 3.05) is 46.6 Å². The minimum absolute atomic E-state index is 0.0357. The van der Waals surface area contributed by atoms with Crippen molar-refractivity contribution in [1.82, 2.24) is 10.6 Å². The Morgan fingerprint density at radius 2 is 2.17 bits per heavy atom. The summed E-state index contributed by atoms with van der Waals surface area (Å²) in [5, 5.41) is 6.45. The van der Waals surface area contributed by atoms with Crippen LogP contribution in [0.3, 0.4) is 0 Å². The maximum atomic E-state index is 12.6. The quantitative estimate of drug-likeness (QED) is 0.285. The van der Waals surface area contributed by atoms with E-state index < -0.39 is 6.61 Å². The number of alkyl halides is 2. The van der Waals surface area contributed by atoms with Gasteiger partial charge in [0.05, 0.1) is 19.8 Å². The summed E-state index contributed by atoms with van der Waals surface area (Å²) in [4.78, 5) is 4.54. The number of hydrogen-bond acceptors (Lipinski definition) is 5. The third kappa shape index (κ3) is 9.13. The molecule has 0 spiro atoms. The molecule has 1 aromatic carbocycles. The molecular weight excluding hydrogens is 396 g/mol. The van der Waals surface area contributed by atoms with Crippen LogP contribution in [0.4, 0.5) is 8.78 Å². The summed E-state index contributed by atoms with van der Waals surface area (Å²) in [6, 6.07) is 5.03. The Morgan fingerprint density at radius 3 is 2.87 bits per heavy atom. The minimum Gasteiger partial charge on any atom is -0.493 e. The molecule has 1 aliphatic heterocycles. The smallest absolute Gasteiger partial charge is 0.387 e. The van der Waals surface area contributed by atoms with Crippen LogP contribution in [-0.4, -0.2) is 65.2 Å². The Labute approximate surface area is 177 Å². The molecule has 0 bridgehead atoms. The van der Waals surface area contributed by atoms with Gasteiger partial charge in [-0.25, -0.2) is 0 Å². The summed E-state index contributed by atoms with van der Waals surface area (Å²) in [6.07, 6.45) is 3.90. The molecule has 0 aromatic heterocycles. The highest BCUT2D eigenvalue weighted by molar-refractivity contribution is 5.79. The number of halogens is 2. The Bertz CT molecular complexity index is 641. The van der Waals surface area contributed by atoms with E-state index in [0.717, 1.165) is 38.0 Å². The van der Waals surface area contributed by atoms with Gasteiger partial charge < -0.3 is 29.6 Å². The molecule has 7 nitrogen and oxygen atoms in total. The van der Waals surface area contributed by atoms with E-state index in [-0.39, 0.29) is 17.6 Å². The molecule has 170 valence electrons. The van der Waals surface area contributed by atoms with Crippen LogP contribution in [0.15, 0.2) is 23.2 Å². The highest BCUT2D eigenvalue weighted by Crippen LogP contribution is 2.29. The van der Waals surface area contributed by atoms with E-state index in [2.05, 4.69) is 20.4 Å². The number of hydrogen-bond donors (Lipinski definition) is 2. The standard InChI is InChI=1S/C21H33F2N3O4/c1-3-24-21(25-10-5-12-28-15-17-6-4-13-29-17)26-11-9-16-7-8-18(27-2)19(14-16)30-20(22)23/h7-8,14,17,20H,3-6,9-13,15H2,1-2H3,(H2,24,25,26). The fourth-order valence-electron chi connectivity index (χ4n) is 3.08. The van der Waals surface area contributed by atoms with Crippen LogP contribution in [0, 0.1) is 0 Å². The first kappa shape index (κ1) is 24.1. The number of benzene rings is 1. The first-order valence-electron chi connectivity index (χ1n) is 10.5. The summed E-state index contributed by atoms with van der Waals surface area (Å²) in [6.45, 7) is 3.25. The van der Waals surface area contributed by atoms with Gasteiger partial charge in [0.15, 0.2) is 17.5 Å². The number of rotatable bonds is 13. The van der Waals surface area contributed by atoms with Crippen molar-refractivity contribution in [1.29, 1.82) is 0 Å². The van der Waals surface area contributed by atoms with Crippen LogP contribution in [0.5, 0.6) is 11.5 Å². The Balaban J connectivity index is 1.72. The Morgan fingerprint density at radius 1 is 1.30 bits per heavy atom. The highest BCUT2D eigenvalue weighted by Gasteiger charge is 2.15. The fraction of sp³-hybridized carbons (Fsp3) is 0.667. The van der Waals surface area contributed by atoms with E-state index >= 15 is 0 Å². The van der Waals surface area contributed by atoms with Crippen molar-refractivity contribution < 1.29 is 27.7 Å². The molecule has 1 unspecified atom stereocenters. The average molecular weight is 430 g/mol. The molecule has 30 heavy (non-hydrogen) atoms. The first-order chi connectivity index (χ1) is 14.6. The molecule has 0 amide bonds. The van der Waals surface area contributed by atoms with Crippen molar-refractivity contribution in [3.63, 3.8) is 0 Å². The maximum Gasteiger partial charge on any atom is 0.387 e. The van der Waals surface area contributed by atoms with E-state index in [9.17, 15) is 8.78 Å². The monoisotopic (exact) mass is 429 g/mol. The molecule has 0 radical (unpaired) electrons. The lowest BCUT2D eigenvalue weighted by atomic mass is 10.1. The minimum atomic E-state index is -2.89. The van der Waals surface area contributed by atoms with E-state index in [1.165, 1.54) is 7.11 Å². The van der Waals surface area contributed by atoms with Gasteiger partial charge in [0, 0.05) is 32.8 Å². The van der Waals surface area contributed by atoms with Gasteiger partial charge in [0.1, 0.15) is 0 Å². The van der Waals surface area contributed by atoms with Crippen LogP contribution in [0.2, 0.25) is 0 Å². The molecular formula is C21H33F2N3O4. The zero-order valence-corrected chi connectivity index (χ0v) is 17.8. The lowest BCUT2D eigenvalue weighted by molar-refractivity contribution is -0.0512. The molecule has 1 saturated heterocycles. The number of ether oxygens (including phenoxy) is 4. The first-order valence-corrected chi connectivity index (χ1v) is 10.5. The summed E-state index contributed by atoms with van der Waals surface area (Å²) in [7, 11) is 1.42. The fourth-order valence-corrected chi connectivity index (χ4v) is 3.08. The normalized spacial score (nSPS) is 16.7. The van der Waals surface area contributed by atoms with Crippen LogP contribution < -0.4 is 20.1 Å². The van der Waals surface area contributed by atoms with Gasteiger partial charge in [-0.2, -0.15) is 8.78 Å². The zero-order chi connectivity index (χ0) is 21.6. The number of aliphatic imine (C=N–C) groups is 1. The number of nitrogens with zero attached hydrogens (tertiary/aromatic N) is 1. The van der Waals surface area contributed by atoms with Gasteiger partial charge >= 0.3 is 6.61 Å². The van der Waals surface area contributed by atoms with Crippen LogP contribution >= 0.6 is 0 Å². The lowest BCUT2D eigenvalue weighted by Crippen LogP contribution is -2.38. The summed E-state index contributed by atoms with van der Waals surface area (Å²) in [5.74, 6) is 1.03. The maximum absolute atomic E-state index is 12.6. The third-order valence-corrected chi connectivity index (χ3v) is 4.54. The van der Waals surface area contributed by atoms with E-state index in [1.807, 2.05) is 13.0 Å². The largest absolute Gasteiger partial charge is 0.493 e. The highest BCUT2D eigenvalue weighted by atomic mass is 19.3. The molecule has 1 aliphatic rings. The van der Waals surface area contributed by atoms with Crippen LogP contribution in [-0.2, 0) is 15.9 Å². The SMILES string of the molecule is CCNC(=NCCCOCC1CCCO1)NCCc1ccc(OC)c(OC(F)F)c1. The van der Waals surface area contributed by atoms with Crippen LogP contribution in [0.1, 0.15) is 31.7 Å². The number of guanidine groups is 1. The molecule has 2 rings (SSSR count). The molecule has 2 N–H and O–H groups in total. The predicted octanol–water partition coefficient (Wildman–Crippen LogP) is 2.98. The Kier molecular flexibility index (Phi) is 11.2. The molecule has 0 saturated carbocycles. The summed E-state index contributed by atoms with van der Waals surface area (Å²) in [5.41, 5.74) is 0.859. The molecule has 1 atom stereocenters. The van der Waals surface area contributed by atoms with Gasteiger partial charge in [-0.3, -0.25) is 4.99 Å². The molecule has 1 heterocycles. The Hall–Kier alpha value is -2.13. The van der Waals surface area contributed by atoms with Crippen molar-refractivity contribution in [2.24, 2.45) is 4.99 Å². The number of nitrogens with one attached hydrogen (secondary N) is 2. The van der Waals surface area contributed by atoms with E-state index in [0.29, 0.717) is 38.7 Å². The second-order valence-corrected chi connectivity index (χ2v) is 6.86. The summed E-state index contributed by atoms with van der Waals surface area (Å²) < 4.78 is 45.9. The van der Waals surface area contributed by atoms with Crippen molar-refractivity contribution in [3.8, 4) is 11.5 Å². The second kappa shape index (κ2) is 14.0. The molecule has 1 aromatic rings. The average Bonchev–Trinajstić information content (AvgIpc) is 3.24. The summed E-state index contributed by atoms with van der Waals surface area (Å²) >= 11 is 0. The molecule has 0 aliphatic carbocycles. The van der Waals surface area contributed by atoms with E-state index in [4.69, 9.17) is 14.2 Å². The second-order valence-electron chi connectivity index (χ2n) is 6.86. The van der Waals surface area contributed by atoms with Crippen LogP contribution in [0.25, 0.3) is 0 Å². The topological polar surface area (TPSA) is 73.3 Å². The van der Waals surface area contributed by atoms with Gasteiger partial charge in [-0.15, -0.1) is 0 Å². The predicted molar refractivity (Wildman–Crippen MR) is 112 cm³/mol. The zero-order valence-electron chi connectivity index (χ0n) is 17.8. The van der Waals surface area contributed by atoms with Crippen molar-refractivity contribution >= 4 is 5.96 Å². The van der Waals surface area contributed by atoms with Gasteiger partial charge in [0.25, 0.3) is 0 Å². The molecule has 1 fully saturated rings. The third-order valence-electron chi connectivity index (χ3n) is 4.54. The van der Waals surface area contributed by atoms with E-state index in [1.54, 1.807) is 12.1 Å². The van der Waals surface area contributed by atoms with Crippen molar-refractivity contribution in [3.05, 3.63) is 23.8 Å². The van der Waals surface area contributed by atoms with Gasteiger partial charge in [-0.1, -0.05) is 6.07 Å². The molecule has 9 heteroatoms. The van der Waals surface area contributed by atoms with Crippen molar-refractivity contribution in [2.45, 2.75) is 45.3 Å². The van der Waals surface area contributed by atoms with Gasteiger partial charge in [-0.05, 0) is 50.3 Å². The number of methoxy groups -OCH3 is 1.